The van der Waals surface area contributed by atoms with Gasteiger partial charge in [0.15, 0.2) is 0 Å². The fraction of sp³-hybridized carbons (Fsp3) is 0.455. The summed E-state index contributed by atoms with van der Waals surface area (Å²) in [4.78, 5) is 0. The number of aliphatic hydroxyl groups excluding tert-OH is 1. The third-order valence-corrected chi connectivity index (χ3v) is 2.29. The number of aliphatic hydroxyl groups is 1. The predicted octanol–water partition coefficient (Wildman–Crippen LogP) is 2.66. The molecule has 0 unspecified atom stereocenters. The van der Waals surface area contributed by atoms with Gasteiger partial charge in [-0.2, -0.15) is 0 Å². The second-order valence-corrected chi connectivity index (χ2v) is 3.42. The zero-order chi connectivity index (χ0) is 10.4. The molecule has 0 spiro atoms. The average Bonchev–Trinajstić information content (AvgIpc) is 2.17. The molecule has 1 aromatic carbocycles. The molecule has 0 bridgehead atoms. The number of aryl methyl sites for hydroxylation is 1. The molecule has 2 nitrogen and oxygen atoms in total. The van der Waals surface area contributed by atoms with Crippen LogP contribution >= 0.6 is 11.6 Å². The van der Waals surface area contributed by atoms with Crippen molar-refractivity contribution in [1.82, 2.24) is 0 Å². The van der Waals surface area contributed by atoms with Crippen molar-refractivity contribution in [2.24, 2.45) is 0 Å². The van der Waals surface area contributed by atoms with Gasteiger partial charge in [0.2, 0.25) is 0 Å². The van der Waals surface area contributed by atoms with E-state index in [0.717, 1.165) is 24.2 Å². The lowest BCUT2D eigenvalue weighted by molar-refractivity contribution is 0.288. The molecule has 0 fully saturated rings. The Kier molecular flexibility index (Phi) is 4.77. The quantitative estimate of drug-likeness (QED) is 0.817. The van der Waals surface area contributed by atoms with Crippen LogP contribution in [0.1, 0.15) is 18.9 Å². The largest absolute Gasteiger partial charge is 0.494 e. The maximum absolute atomic E-state index is 8.69. The molecule has 0 heterocycles. The van der Waals surface area contributed by atoms with Crippen molar-refractivity contribution in [1.29, 1.82) is 0 Å². The zero-order valence-corrected chi connectivity index (χ0v) is 9.05. The van der Waals surface area contributed by atoms with E-state index in [0.29, 0.717) is 11.6 Å². The summed E-state index contributed by atoms with van der Waals surface area (Å²) in [6, 6.07) is 5.67. The van der Waals surface area contributed by atoms with Gasteiger partial charge in [-0.1, -0.05) is 17.7 Å². The molecule has 14 heavy (non-hydrogen) atoms. The molecule has 3 heteroatoms. The van der Waals surface area contributed by atoms with Crippen LogP contribution in [0.5, 0.6) is 5.75 Å². The highest BCUT2D eigenvalue weighted by atomic mass is 35.5. The van der Waals surface area contributed by atoms with Gasteiger partial charge in [0.05, 0.1) is 6.61 Å². The van der Waals surface area contributed by atoms with Crippen molar-refractivity contribution in [3.05, 3.63) is 28.8 Å². The van der Waals surface area contributed by atoms with E-state index < -0.39 is 0 Å². The van der Waals surface area contributed by atoms with Gasteiger partial charge in [-0.25, -0.2) is 0 Å². The molecule has 0 saturated heterocycles. The number of halogens is 1. The lowest BCUT2D eigenvalue weighted by atomic mass is 10.1. The van der Waals surface area contributed by atoms with Crippen LogP contribution in [0.2, 0.25) is 5.02 Å². The topological polar surface area (TPSA) is 29.5 Å². The van der Waals surface area contributed by atoms with Gasteiger partial charge >= 0.3 is 0 Å². The van der Waals surface area contributed by atoms with E-state index in [2.05, 4.69) is 0 Å². The highest BCUT2D eigenvalue weighted by Gasteiger charge is 2.01. The molecule has 1 rings (SSSR count). The highest BCUT2D eigenvalue weighted by Crippen LogP contribution is 2.23. The van der Waals surface area contributed by atoms with Gasteiger partial charge in [0, 0.05) is 11.6 Å². The highest BCUT2D eigenvalue weighted by molar-refractivity contribution is 6.31. The summed E-state index contributed by atoms with van der Waals surface area (Å²) in [6.45, 7) is 2.78. The lowest BCUT2D eigenvalue weighted by Crippen LogP contribution is -1.94. The Labute approximate surface area is 89.5 Å². The SMILES string of the molecule is CCOc1ccc(CCCO)c(Cl)c1. The van der Waals surface area contributed by atoms with Gasteiger partial charge in [0.1, 0.15) is 5.75 Å². The second-order valence-electron chi connectivity index (χ2n) is 3.01. The van der Waals surface area contributed by atoms with Crippen LogP contribution in [-0.2, 0) is 6.42 Å². The molecule has 0 saturated carbocycles. The Hall–Kier alpha value is -0.730. The average molecular weight is 215 g/mol. The first-order valence-corrected chi connectivity index (χ1v) is 5.17. The predicted molar refractivity (Wildman–Crippen MR) is 58.0 cm³/mol. The maximum atomic E-state index is 8.69. The van der Waals surface area contributed by atoms with Crippen molar-refractivity contribution in [3.63, 3.8) is 0 Å². The first-order chi connectivity index (χ1) is 6.77. The van der Waals surface area contributed by atoms with E-state index in [9.17, 15) is 0 Å². The number of ether oxygens (including phenoxy) is 1. The number of rotatable bonds is 5. The molecule has 78 valence electrons. The van der Waals surface area contributed by atoms with E-state index >= 15 is 0 Å². The summed E-state index contributed by atoms with van der Waals surface area (Å²) in [5.74, 6) is 0.797. The van der Waals surface area contributed by atoms with Gasteiger partial charge in [0.25, 0.3) is 0 Å². The molecule has 0 atom stereocenters. The van der Waals surface area contributed by atoms with Crippen LogP contribution in [0, 0.1) is 0 Å². The number of hydrogen-bond acceptors (Lipinski definition) is 2. The van der Waals surface area contributed by atoms with E-state index in [1.54, 1.807) is 0 Å². The zero-order valence-electron chi connectivity index (χ0n) is 8.29. The fourth-order valence-electron chi connectivity index (χ4n) is 1.26. The van der Waals surface area contributed by atoms with Crippen LogP contribution in [0.4, 0.5) is 0 Å². The molecule has 0 aromatic heterocycles. The minimum Gasteiger partial charge on any atom is -0.494 e. The lowest BCUT2D eigenvalue weighted by Gasteiger charge is -2.06. The Morgan fingerprint density at radius 1 is 1.43 bits per heavy atom. The first kappa shape index (κ1) is 11.3. The van der Waals surface area contributed by atoms with E-state index in [4.69, 9.17) is 21.4 Å². The molecular weight excluding hydrogens is 200 g/mol. The molecule has 0 aliphatic rings. The van der Waals surface area contributed by atoms with Crippen LogP contribution in [0.3, 0.4) is 0 Å². The Morgan fingerprint density at radius 2 is 2.21 bits per heavy atom. The smallest absolute Gasteiger partial charge is 0.120 e. The molecule has 0 amide bonds. The van der Waals surface area contributed by atoms with E-state index in [-0.39, 0.29) is 6.61 Å². The van der Waals surface area contributed by atoms with E-state index in [1.807, 2.05) is 25.1 Å². The fourth-order valence-corrected chi connectivity index (χ4v) is 1.52. The van der Waals surface area contributed by atoms with Crippen molar-refractivity contribution in [2.45, 2.75) is 19.8 Å². The van der Waals surface area contributed by atoms with Gasteiger partial charge in [-0.3, -0.25) is 0 Å². The molecule has 0 radical (unpaired) electrons. The summed E-state index contributed by atoms with van der Waals surface area (Å²) in [6.07, 6.45) is 1.55. The third-order valence-electron chi connectivity index (χ3n) is 1.94. The summed E-state index contributed by atoms with van der Waals surface area (Å²) in [5.41, 5.74) is 1.06. The normalized spacial score (nSPS) is 10.2. The van der Waals surface area contributed by atoms with Gasteiger partial charge in [-0.15, -0.1) is 0 Å². The van der Waals surface area contributed by atoms with Gasteiger partial charge in [-0.05, 0) is 37.5 Å². The Bertz CT molecular complexity index is 287. The maximum Gasteiger partial charge on any atom is 0.120 e. The standard InChI is InChI=1S/C11H15ClO2/c1-2-14-10-6-5-9(4-3-7-13)11(12)8-10/h5-6,8,13H,2-4,7H2,1H3. The molecular formula is C11H15ClO2. The van der Waals surface area contributed by atoms with Crippen LogP contribution in [-0.4, -0.2) is 18.3 Å². The van der Waals surface area contributed by atoms with Crippen LogP contribution in [0.15, 0.2) is 18.2 Å². The third kappa shape index (κ3) is 3.20. The minimum atomic E-state index is 0.198. The van der Waals surface area contributed by atoms with Crippen molar-refractivity contribution < 1.29 is 9.84 Å². The molecule has 1 aromatic rings. The Morgan fingerprint density at radius 3 is 2.79 bits per heavy atom. The van der Waals surface area contributed by atoms with Crippen molar-refractivity contribution in [3.8, 4) is 5.75 Å². The molecule has 0 aliphatic heterocycles. The number of hydrogen-bond donors (Lipinski definition) is 1. The monoisotopic (exact) mass is 214 g/mol. The van der Waals surface area contributed by atoms with E-state index in [1.165, 1.54) is 0 Å². The summed E-state index contributed by atoms with van der Waals surface area (Å²) < 4.78 is 5.31. The van der Waals surface area contributed by atoms with Crippen molar-refractivity contribution >= 4 is 11.6 Å². The van der Waals surface area contributed by atoms with Gasteiger partial charge < -0.3 is 9.84 Å². The number of benzene rings is 1. The van der Waals surface area contributed by atoms with Crippen LogP contribution in [0.25, 0.3) is 0 Å². The van der Waals surface area contributed by atoms with Crippen LogP contribution < -0.4 is 4.74 Å². The minimum absolute atomic E-state index is 0.198. The Balaban J connectivity index is 2.68. The molecule has 0 aliphatic carbocycles. The molecule has 1 N–H and O–H groups in total. The summed E-state index contributed by atoms with van der Waals surface area (Å²) >= 11 is 6.04. The first-order valence-electron chi connectivity index (χ1n) is 4.80. The summed E-state index contributed by atoms with van der Waals surface area (Å²) in [7, 11) is 0. The second kappa shape index (κ2) is 5.89. The van der Waals surface area contributed by atoms with Crippen molar-refractivity contribution in [2.75, 3.05) is 13.2 Å². The summed E-state index contributed by atoms with van der Waals surface area (Å²) in [5, 5.41) is 9.40.